The van der Waals surface area contributed by atoms with Crippen LogP contribution >= 0.6 is 0 Å². The second kappa shape index (κ2) is 7.02. The molecule has 2 aliphatic rings. The number of amides is 1. The van der Waals surface area contributed by atoms with Gasteiger partial charge in [0.05, 0.1) is 25.9 Å². The van der Waals surface area contributed by atoms with Gasteiger partial charge in [-0.1, -0.05) is 6.07 Å². The molecule has 0 spiro atoms. The van der Waals surface area contributed by atoms with Crippen molar-refractivity contribution >= 4 is 5.91 Å². The molecule has 0 bridgehead atoms. The topological polar surface area (TPSA) is 59.6 Å². The molecule has 3 rings (SSSR count). The van der Waals surface area contributed by atoms with Gasteiger partial charge >= 0.3 is 0 Å². The van der Waals surface area contributed by atoms with Crippen LogP contribution < -0.4 is 10.6 Å². The van der Waals surface area contributed by atoms with E-state index in [1.165, 1.54) is 5.56 Å². The standard InChI is InChI=1S/C16H22N2O3/c19-16(12-1-2-13-10-20-11-14(13)9-12)18-7-8-21-15-3-5-17-6-4-15/h1-2,9,15,17H,3-8,10-11H2,(H,18,19). The molecule has 1 aromatic rings. The summed E-state index contributed by atoms with van der Waals surface area (Å²) in [5, 5.41) is 6.21. The minimum atomic E-state index is -0.0430. The van der Waals surface area contributed by atoms with Crippen molar-refractivity contribution in [3.05, 3.63) is 34.9 Å². The Bertz CT molecular complexity index is 498. The number of benzene rings is 1. The third-order valence-corrected chi connectivity index (χ3v) is 4.01. The molecule has 5 heteroatoms. The van der Waals surface area contributed by atoms with Crippen LogP contribution in [0.15, 0.2) is 18.2 Å². The zero-order valence-corrected chi connectivity index (χ0v) is 12.2. The molecule has 2 heterocycles. The lowest BCUT2D eigenvalue weighted by molar-refractivity contribution is 0.0343. The first-order valence-corrected chi connectivity index (χ1v) is 7.63. The highest BCUT2D eigenvalue weighted by Gasteiger charge is 2.15. The average molecular weight is 290 g/mol. The van der Waals surface area contributed by atoms with Gasteiger partial charge in [0.15, 0.2) is 0 Å². The highest BCUT2D eigenvalue weighted by Crippen LogP contribution is 2.20. The second-order valence-electron chi connectivity index (χ2n) is 5.55. The van der Waals surface area contributed by atoms with E-state index in [4.69, 9.17) is 9.47 Å². The highest BCUT2D eigenvalue weighted by atomic mass is 16.5. The van der Waals surface area contributed by atoms with Crippen LogP contribution in [0, 0.1) is 0 Å². The summed E-state index contributed by atoms with van der Waals surface area (Å²) in [5.74, 6) is -0.0430. The molecule has 1 saturated heterocycles. The van der Waals surface area contributed by atoms with E-state index in [-0.39, 0.29) is 5.91 Å². The molecule has 2 N–H and O–H groups in total. The predicted octanol–water partition coefficient (Wildman–Crippen LogP) is 1.22. The maximum absolute atomic E-state index is 12.1. The Hall–Kier alpha value is -1.43. The maximum Gasteiger partial charge on any atom is 0.251 e. The molecule has 0 atom stereocenters. The molecule has 0 aliphatic carbocycles. The number of hydrogen-bond donors (Lipinski definition) is 2. The number of rotatable bonds is 5. The predicted molar refractivity (Wildman–Crippen MR) is 79.1 cm³/mol. The van der Waals surface area contributed by atoms with E-state index in [0.29, 0.717) is 38.0 Å². The summed E-state index contributed by atoms with van der Waals surface area (Å²) >= 11 is 0. The Morgan fingerprint density at radius 1 is 1.29 bits per heavy atom. The SMILES string of the molecule is O=C(NCCOC1CCNCC1)c1ccc2c(c1)COC2. The quantitative estimate of drug-likeness (QED) is 0.801. The first-order valence-electron chi connectivity index (χ1n) is 7.63. The van der Waals surface area contributed by atoms with Gasteiger partial charge in [-0.25, -0.2) is 0 Å². The van der Waals surface area contributed by atoms with Crippen molar-refractivity contribution in [3.8, 4) is 0 Å². The molecule has 21 heavy (non-hydrogen) atoms. The van der Waals surface area contributed by atoms with Crippen molar-refractivity contribution < 1.29 is 14.3 Å². The van der Waals surface area contributed by atoms with Crippen LogP contribution in [0.4, 0.5) is 0 Å². The van der Waals surface area contributed by atoms with E-state index in [1.807, 2.05) is 18.2 Å². The lowest BCUT2D eigenvalue weighted by atomic mass is 10.1. The number of fused-ring (bicyclic) bond motifs is 1. The van der Waals surface area contributed by atoms with Gasteiger partial charge in [0.25, 0.3) is 5.91 Å². The van der Waals surface area contributed by atoms with Crippen LogP contribution in [0.3, 0.4) is 0 Å². The van der Waals surface area contributed by atoms with Gasteiger partial charge in [0, 0.05) is 12.1 Å². The van der Waals surface area contributed by atoms with Gasteiger partial charge < -0.3 is 20.1 Å². The van der Waals surface area contributed by atoms with E-state index >= 15 is 0 Å². The Labute approximate surface area is 125 Å². The fourth-order valence-electron chi connectivity index (χ4n) is 2.77. The molecule has 1 amide bonds. The maximum atomic E-state index is 12.1. The zero-order valence-electron chi connectivity index (χ0n) is 12.2. The van der Waals surface area contributed by atoms with Gasteiger partial charge in [0.2, 0.25) is 0 Å². The summed E-state index contributed by atoms with van der Waals surface area (Å²) < 4.78 is 11.1. The Kier molecular flexibility index (Phi) is 4.85. The lowest BCUT2D eigenvalue weighted by Crippen LogP contribution is -2.34. The van der Waals surface area contributed by atoms with Crippen molar-refractivity contribution in [2.45, 2.75) is 32.2 Å². The fourth-order valence-corrected chi connectivity index (χ4v) is 2.77. The third-order valence-electron chi connectivity index (χ3n) is 4.01. The van der Waals surface area contributed by atoms with E-state index in [1.54, 1.807) is 0 Å². The lowest BCUT2D eigenvalue weighted by Gasteiger charge is -2.22. The summed E-state index contributed by atoms with van der Waals surface area (Å²) in [5.41, 5.74) is 3.00. The molecule has 0 saturated carbocycles. The summed E-state index contributed by atoms with van der Waals surface area (Å²) in [4.78, 5) is 12.1. The van der Waals surface area contributed by atoms with Gasteiger partial charge in [-0.05, 0) is 49.2 Å². The van der Waals surface area contributed by atoms with Crippen molar-refractivity contribution in [2.24, 2.45) is 0 Å². The van der Waals surface area contributed by atoms with Crippen molar-refractivity contribution in [2.75, 3.05) is 26.2 Å². The molecule has 114 valence electrons. The summed E-state index contributed by atoms with van der Waals surface area (Å²) in [6.45, 7) is 4.43. The largest absolute Gasteiger partial charge is 0.376 e. The van der Waals surface area contributed by atoms with Crippen molar-refractivity contribution in [3.63, 3.8) is 0 Å². The van der Waals surface area contributed by atoms with Crippen molar-refractivity contribution in [1.82, 2.24) is 10.6 Å². The highest BCUT2D eigenvalue weighted by molar-refractivity contribution is 5.94. The molecule has 1 fully saturated rings. The average Bonchev–Trinajstić information content (AvgIpc) is 3.00. The summed E-state index contributed by atoms with van der Waals surface area (Å²) in [6.07, 6.45) is 2.44. The Morgan fingerprint density at radius 2 is 2.10 bits per heavy atom. The molecule has 2 aliphatic heterocycles. The van der Waals surface area contributed by atoms with E-state index in [2.05, 4.69) is 10.6 Å². The van der Waals surface area contributed by atoms with Crippen LogP contribution in [0.2, 0.25) is 0 Å². The molecular weight excluding hydrogens is 268 g/mol. The van der Waals surface area contributed by atoms with Crippen LogP contribution in [-0.2, 0) is 22.7 Å². The van der Waals surface area contributed by atoms with Gasteiger partial charge in [-0.15, -0.1) is 0 Å². The van der Waals surface area contributed by atoms with Crippen molar-refractivity contribution in [1.29, 1.82) is 0 Å². The fraction of sp³-hybridized carbons (Fsp3) is 0.562. The monoisotopic (exact) mass is 290 g/mol. The van der Waals surface area contributed by atoms with Crippen LogP contribution in [0.1, 0.15) is 34.3 Å². The molecule has 1 aromatic carbocycles. The smallest absolute Gasteiger partial charge is 0.251 e. The summed E-state index contributed by atoms with van der Waals surface area (Å²) in [7, 11) is 0. The summed E-state index contributed by atoms with van der Waals surface area (Å²) in [6, 6.07) is 5.75. The van der Waals surface area contributed by atoms with Crippen LogP contribution in [0.5, 0.6) is 0 Å². The minimum absolute atomic E-state index is 0.0430. The Balaban J connectivity index is 1.41. The first-order chi connectivity index (χ1) is 10.3. The van der Waals surface area contributed by atoms with Gasteiger partial charge in [0.1, 0.15) is 0 Å². The second-order valence-corrected chi connectivity index (χ2v) is 5.55. The van der Waals surface area contributed by atoms with E-state index in [9.17, 15) is 4.79 Å². The molecular formula is C16H22N2O3. The molecule has 5 nitrogen and oxygen atoms in total. The number of piperidine rings is 1. The van der Waals surface area contributed by atoms with E-state index in [0.717, 1.165) is 31.5 Å². The van der Waals surface area contributed by atoms with Gasteiger partial charge in [-0.2, -0.15) is 0 Å². The number of carbonyl (C=O) groups is 1. The molecule has 0 radical (unpaired) electrons. The zero-order chi connectivity index (χ0) is 14.5. The molecule has 0 unspecified atom stereocenters. The van der Waals surface area contributed by atoms with Crippen LogP contribution in [-0.4, -0.2) is 38.3 Å². The Morgan fingerprint density at radius 3 is 2.95 bits per heavy atom. The number of hydrogen-bond acceptors (Lipinski definition) is 4. The van der Waals surface area contributed by atoms with E-state index < -0.39 is 0 Å². The minimum Gasteiger partial charge on any atom is -0.376 e. The van der Waals surface area contributed by atoms with Crippen LogP contribution in [0.25, 0.3) is 0 Å². The third kappa shape index (κ3) is 3.81. The number of nitrogens with one attached hydrogen (secondary N) is 2. The number of carbonyl (C=O) groups excluding carboxylic acids is 1. The first kappa shape index (κ1) is 14.5. The number of ether oxygens (including phenoxy) is 2. The molecule has 0 aromatic heterocycles. The normalized spacial score (nSPS) is 18.5. The van der Waals surface area contributed by atoms with Gasteiger partial charge in [-0.3, -0.25) is 4.79 Å².